The van der Waals surface area contributed by atoms with Crippen molar-refractivity contribution in [3.8, 4) is 0 Å². The molecule has 0 aromatic heterocycles. The van der Waals surface area contributed by atoms with E-state index in [2.05, 4.69) is 23.3 Å². The molecule has 2 aromatic carbocycles. The van der Waals surface area contributed by atoms with Crippen LogP contribution in [0.25, 0.3) is 0 Å². The second kappa shape index (κ2) is 15.1. The van der Waals surface area contributed by atoms with Crippen LogP contribution in [0, 0.1) is 0 Å². The highest BCUT2D eigenvalue weighted by molar-refractivity contribution is 7.80. The van der Waals surface area contributed by atoms with E-state index in [9.17, 15) is 14.4 Å². The largest absolute Gasteiger partial charge is 0.464 e. The molecule has 0 aliphatic carbocycles. The van der Waals surface area contributed by atoms with Crippen molar-refractivity contribution in [1.29, 1.82) is 0 Å². The molecule has 33 heavy (non-hydrogen) atoms. The molecule has 178 valence electrons. The average molecular weight is 471 g/mol. The van der Waals surface area contributed by atoms with Gasteiger partial charge < -0.3 is 15.4 Å². The Bertz CT molecular complexity index is 861. The topological polar surface area (TPSA) is 84.5 Å². The van der Waals surface area contributed by atoms with Gasteiger partial charge >= 0.3 is 5.97 Å². The lowest BCUT2D eigenvalue weighted by Crippen LogP contribution is -2.53. The molecule has 0 heterocycles. The Kier molecular flexibility index (Phi) is 12.1. The van der Waals surface area contributed by atoms with Gasteiger partial charge in [0.25, 0.3) is 0 Å². The van der Waals surface area contributed by atoms with E-state index in [0.29, 0.717) is 31.6 Å². The van der Waals surface area contributed by atoms with Crippen LogP contribution in [-0.4, -0.2) is 42.2 Å². The number of benzene rings is 2. The maximum absolute atomic E-state index is 13.1. The number of hydrogen-bond acceptors (Lipinski definition) is 5. The Morgan fingerprint density at radius 2 is 1.55 bits per heavy atom. The van der Waals surface area contributed by atoms with Crippen LogP contribution in [-0.2, 0) is 32.0 Å². The van der Waals surface area contributed by atoms with E-state index >= 15 is 0 Å². The molecule has 2 atom stereocenters. The van der Waals surface area contributed by atoms with Crippen molar-refractivity contribution >= 4 is 30.4 Å². The zero-order valence-corrected chi connectivity index (χ0v) is 20.1. The first-order chi connectivity index (χ1) is 16.0. The summed E-state index contributed by atoms with van der Waals surface area (Å²) in [7, 11) is 0. The molecule has 2 rings (SSSR count). The van der Waals surface area contributed by atoms with Gasteiger partial charge in [0, 0.05) is 12.8 Å². The summed E-state index contributed by atoms with van der Waals surface area (Å²) in [5.74, 6) is -0.683. The van der Waals surface area contributed by atoms with Crippen molar-refractivity contribution in [2.45, 2.75) is 57.5 Å². The predicted octanol–water partition coefficient (Wildman–Crippen LogP) is 3.49. The smallest absolute Gasteiger partial charge is 0.328 e. The first-order valence-corrected chi connectivity index (χ1v) is 12.1. The molecule has 0 aliphatic rings. The molecule has 0 radical (unpaired) electrons. The Balaban J connectivity index is 2.04. The number of hydrogen-bond donors (Lipinski definition) is 3. The van der Waals surface area contributed by atoms with Crippen LogP contribution in [0.4, 0.5) is 0 Å². The molecule has 0 spiro atoms. The quantitative estimate of drug-likeness (QED) is 0.224. The lowest BCUT2D eigenvalue weighted by Gasteiger charge is -2.22. The van der Waals surface area contributed by atoms with Crippen molar-refractivity contribution in [3.63, 3.8) is 0 Å². The molecule has 0 fully saturated rings. The van der Waals surface area contributed by atoms with Crippen molar-refractivity contribution in [2.75, 3.05) is 12.4 Å². The Morgan fingerprint density at radius 3 is 2.15 bits per heavy atom. The van der Waals surface area contributed by atoms with Gasteiger partial charge in [0.2, 0.25) is 11.8 Å². The first-order valence-electron chi connectivity index (χ1n) is 11.5. The second-order valence-electron chi connectivity index (χ2n) is 7.89. The lowest BCUT2D eigenvalue weighted by molar-refractivity contribution is -0.148. The fourth-order valence-electron chi connectivity index (χ4n) is 3.30. The van der Waals surface area contributed by atoms with Gasteiger partial charge in [-0.2, -0.15) is 12.6 Å². The highest BCUT2D eigenvalue weighted by atomic mass is 32.1. The van der Waals surface area contributed by atoms with Crippen LogP contribution in [0.2, 0.25) is 0 Å². The van der Waals surface area contributed by atoms with E-state index in [1.165, 1.54) is 0 Å². The number of esters is 1. The summed E-state index contributed by atoms with van der Waals surface area (Å²) in [6.07, 6.45) is 3.19. The summed E-state index contributed by atoms with van der Waals surface area (Å²) in [6.45, 7) is 2.33. The Labute approximate surface area is 201 Å². The van der Waals surface area contributed by atoms with E-state index in [4.69, 9.17) is 4.74 Å². The van der Waals surface area contributed by atoms with Crippen LogP contribution < -0.4 is 10.6 Å². The second-order valence-corrected chi connectivity index (χ2v) is 8.34. The highest BCUT2D eigenvalue weighted by Crippen LogP contribution is 2.08. The number of rotatable bonds is 14. The fourth-order valence-corrected chi connectivity index (χ4v) is 3.55. The van der Waals surface area contributed by atoms with E-state index in [-0.39, 0.29) is 12.3 Å². The van der Waals surface area contributed by atoms with E-state index in [1.807, 2.05) is 67.6 Å². The molecule has 0 unspecified atom stereocenters. The van der Waals surface area contributed by atoms with Crippen molar-refractivity contribution in [1.82, 2.24) is 10.6 Å². The normalized spacial score (nSPS) is 12.4. The third-order valence-corrected chi connectivity index (χ3v) is 5.44. The Hall–Kier alpha value is -2.80. The molecule has 6 nitrogen and oxygen atoms in total. The van der Waals surface area contributed by atoms with Gasteiger partial charge in [0.15, 0.2) is 0 Å². The monoisotopic (exact) mass is 470 g/mol. The maximum Gasteiger partial charge on any atom is 0.328 e. The molecule has 7 heteroatoms. The number of carbonyl (C=O) groups is 3. The molecule has 0 saturated heterocycles. The number of carbonyl (C=O) groups excluding carboxylic acids is 3. The predicted molar refractivity (Wildman–Crippen MR) is 133 cm³/mol. The fraction of sp³-hybridized carbons (Fsp3) is 0.423. The van der Waals surface area contributed by atoms with E-state index in [1.54, 1.807) is 0 Å². The van der Waals surface area contributed by atoms with Crippen LogP contribution in [0.1, 0.15) is 43.7 Å². The molecule has 2 N–H and O–H groups in total. The highest BCUT2D eigenvalue weighted by Gasteiger charge is 2.27. The summed E-state index contributed by atoms with van der Waals surface area (Å²) >= 11 is 4.21. The number of nitrogens with one attached hydrogen (secondary N) is 2. The third-order valence-electron chi connectivity index (χ3n) is 5.18. The number of aryl methyl sites for hydroxylation is 1. The zero-order valence-electron chi connectivity index (χ0n) is 19.2. The maximum atomic E-state index is 13.1. The number of unbranched alkanes of at least 4 members (excludes halogenated alkanes) is 1. The molecule has 2 amide bonds. The molecule has 2 aromatic rings. The summed E-state index contributed by atoms with van der Waals surface area (Å²) in [5, 5.41) is 5.62. The van der Waals surface area contributed by atoms with Crippen molar-refractivity contribution in [2.24, 2.45) is 0 Å². The van der Waals surface area contributed by atoms with Crippen molar-refractivity contribution < 1.29 is 19.1 Å². The molecule has 0 aliphatic heterocycles. The number of ether oxygens (including phenoxy) is 1. The minimum atomic E-state index is -0.804. The zero-order chi connectivity index (χ0) is 23.9. The van der Waals surface area contributed by atoms with Gasteiger partial charge in [-0.05, 0) is 36.1 Å². The van der Waals surface area contributed by atoms with Crippen molar-refractivity contribution in [3.05, 3.63) is 71.8 Å². The molecular weight excluding hydrogens is 436 g/mol. The van der Waals surface area contributed by atoms with Gasteiger partial charge in [-0.15, -0.1) is 0 Å². The number of amides is 2. The van der Waals surface area contributed by atoms with Gasteiger partial charge in [-0.1, -0.05) is 74.0 Å². The van der Waals surface area contributed by atoms with Crippen LogP contribution in [0.15, 0.2) is 60.7 Å². The summed E-state index contributed by atoms with van der Waals surface area (Å²) < 4.78 is 5.29. The van der Waals surface area contributed by atoms with Crippen LogP contribution in [0.5, 0.6) is 0 Å². The Morgan fingerprint density at radius 1 is 0.909 bits per heavy atom. The first kappa shape index (κ1) is 26.5. The minimum absolute atomic E-state index is 0.216. The van der Waals surface area contributed by atoms with Gasteiger partial charge in [0.05, 0.1) is 6.61 Å². The average Bonchev–Trinajstić information content (AvgIpc) is 2.83. The van der Waals surface area contributed by atoms with Crippen LogP contribution >= 0.6 is 12.6 Å². The van der Waals surface area contributed by atoms with Gasteiger partial charge in [-0.25, -0.2) is 4.79 Å². The molecular formula is C26H34N2O4S. The minimum Gasteiger partial charge on any atom is -0.464 e. The standard InChI is InChI=1S/C26H34N2O4S/c1-2-3-17-32-26(31)22(16-18-33)28-25(30)23(19-21-12-8-5-9-13-21)27-24(29)15-14-20-10-6-4-7-11-20/h4-13,22-23,33H,2-3,14-19H2,1H3,(H,27,29)(H,28,30)/t22-,23+/m1/s1. The summed E-state index contributed by atoms with van der Waals surface area (Å²) in [6, 6.07) is 17.6. The molecule has 0 saturated carbocycles. The summed E-state index contributed by atoms with van der Waals surface area (Å²) in [4.78, 5) is 38.2. The third kappa shape index (κ3) is 10.1. The summed E-state index contributed by atoms with van der Waals surface area (Å²) in [5.41, 5.74) is 1.97. The van der Waals surface area contributed by atoms with Crippen LogP contribution in [0.3, 0.4) is 0 Å². The molecule has 0 bridgehead atoms. The number of thiol groups is 1. The van der Waals surface area contributed by atoms with E-state index < -0.39 is 24.0 Å². The van der Waals surface area contributed by atoms with Gasteiger partial charge in [0.1, 0.15) is 12.1 Å². The van der Waals surface area contributed by atoms with E-state index in [0.717, 1.165) is 24.0 Å². The van der Waals surface area contributed by atoms with Gasteiger partial charge in [-0.3, -0.25) is 9.59 Å². The lowest BCUT2D eigenvalue weighted by atomic mass is 10.0. The SMILES string of the molecule is CCCCOC(=O)[C@@H](CCS)NC(=O)[C@H](Cc1ccccc1)NC(=O)CCc1ccccc1.